The van der Waals surface area contributed by atoms with Crippen LogP contribution >= 0.6 is 11.8 Å². The number of hydrogen-bond donors (Lipinski definition) is 1. The van der Waals surface area contributed by atoms with Gasteiger partial charge in [-0.15, -0.1) is 11.8 Å². The van der Waals surface area contributed by atoms with Gasteiger partial charge in [-0.3, -0.25) is 0 Å². The highest BCUT2D eigenvalue weighted by Gasteiger charge is 2.05. The second-order valence-corrected chi connectivity index (χ2v) is 3.80. The molecule has 0 unspecified atom stereocenters. The molecule has 0 saturated carbocycles. The molecular formula is C12H11N3OS. The molecule has 0 radical (unpaired) electrons. The molecule has 5 heteroatoms. The van der Waals surface area contributed by atoms with Gasteiger partial charge in [-0.2, -0.15) is 10.5 Å². The van der Waals surface area contributed by atoms with Gasteiger partial charge in [-0.25, -0.2) is 0 Å². The second kappa shape index (κ2) is 6.47. The van der Waals surface area contributed by atoms with E-state index < -0.39 is 0 Å². The smallest absolute Gasteiger partial charge is 0.159 e. The van der Waals surface area contributed by atoms with Crippen molar-refractivity contribution < 1.29 is 4.74 Å². The molecule has 0 aliphatic rings. The first kappa shape index (κ1) is 13.0. The Balaban J connectivity index is 2.93. The lowest BCUT2D eigenvalue weighted by Gasteiger charge is -2.08. The van der Waals surface area contributed by atoms with Crippen LogP contribution in [0.4, 0.5) is 5.69 Å². The molecule has 1 N–H and O–H groups in total. The summed E-state index contributed by atoms with van der Waals surface area (Å²) in [6.07, 6.45) is 1.81. The third-order valence-electron chi connectivity index (χ3n) is 2.00. The van der Waals surface area contributed by atoms with E-state index >= 15 is 0 Å². The SMILES string of the molecule is COc1ccc(NC(SC)=C(C#N)C#N)cc1. The quantitative estimate of drug-likeness (QED) is 0.826. The van der Waals surface area contributed by atoms with Crippen molar-refractivity contribution in [3.8, 4) is 17.9 Å². The number of anilines is 1. The van der Waals surface area contributed by atoms with Crippen LogP contribution in [0.3, 0.4) is 0 Å². The zero-order chi connectivity index (χ0) is 12.7. The zero-order valence-electron chi connectivity index (χ0n) is 9.52. The molecule has 0 aromatic heterocycles. The van der Waals surface area contributed by atoms with E-state index in [0.717, 1.165) is 11.4 Å². The number of rotatable bonds is 4. The molecule has 1 aromatic rings. The van der Waals surface area contributed by atoms with Gasteiger partial charge in [-0.05, 0) is 30.5 Å². The van der Waals surface area contributed by atoms with Gasteiger partial charge in [0.2, 0.25) is 0 Å². The molecular weight excluding hydrogens is 234 g/mol. The van der Waals surface area contributed by atoms with E-state index in [9.17, 15) is 0 Å². The fourth-order valence-corrected chi connectivity index (χ4v) is 1.66. The minimum absolute atomic E-state index is 0.0771. The highest BCUT2D eigenvalue weighted by atomic mass is 32.2. The average Bonchev–Trinajstić information content (AvgIpc) is 2.39. The van der Waals surface area contributed by atoms with Gasteiger partial charge in [0.1, 0.15) is 22.9 Å². The van der Waals surface area contributed by atoms with Crippen molar-refractivity contribution in [2.75, 3.05) is 18.7 Å². The van der Waals surface area contributed by atoms with Crippen molar-refractivity contribution in [3.63, 3.8) is 0 Å². The minimum atomic E-state index is 0.0771. The highest BCUT2D eigenvalue weighted by Crippen LogP contribution is 2.22. The fraction of sp³-hybridized carbons (Fsp3) is 0.167. The monoisotopic (exact) mass is 245 g/mol. The first-order valence-corrected chi connectivity index (χ1v) is 5.97. The van der Waals surface area contributed by atoms with E-state index in [1.165, 1.54) is 11.8 Å². The molecule has 0 fully saturated rings. The maximum atomic E-state index is 8.78. The molecule has 0 bridgehead atoms. The van der Waals surface area contributed by atoms with E-state index in [1.807, 2.05) is 24.3 Å². The number of methoxy groups -OCH3 is 1. The Morgan fingerprint density at radius 1 is 1.24 bits per heavy atom. The van der Waals surface area contributed by atoms with Gasteiger partial charge >= 0.3 is 0 Å². The Bertz CT molecular complexity index is 478. The molecule has 0 aliphatic carbocycles. The lowest BCUT2D eigenvalue weighted by atomic mass is 10.3. The van der Waals surface area contributed by atoms with Crippen LogP contribution in [-0.2, 0) is 0 Å². The van der Waals surface area contributed by atoms with Crippen LogP contribution < -0.4 is 10.1 Å². The number of benzene rings is 1. The van der Waals surface area contributed by atoms with Crippen LogP contribution in [0.25, 0.3) is 0 Å². The number of thioether (sulfide) groups is 1. The first-order valence-electron chi connectivity index (χ1n) is 4.74. The number of nitrogens with one attached hydrogen (secondary N) is 1. The topological polar surface area (TPSA) is 68.8 Å². The summed E-state index contributed by atoms with van der Waals surface area (Å²) in [6, 6.07) is 11.0. The van der Waals surface area contributed by atoms with E-state index in [0.29, 0.717) is 5.03 Å². The average molecular weight is 245 g/mol. The van der Waals surface area contributed by atoms with Crippen molar-refractivity contribution in [2.24, 2.45) is 0 Å². The Labute approximate surface area is 105 Å². The van der Waals surface area contributed by atoms with Gasteiger partial charge in [0.15, 0.2) is 5.57 Å². The Kier molecular flexibility index (Phi) is 4.93. The maximum Gasteiger partial charge on any atom is 0.159 e. The summed E-state index contributed by atoms with van der Waals surface area (Å²) in [5.41, 5.74) is 0.881. The van der Waals surface area contributed by atoms with Crippen LogP contribution in [0, 0.1) is 22.7 Å². The number of nitriles is 2. The van der Waals surface area contributed by atoms with Crippen LogP contribution in [-0.4, -0.2) is 13.4 Å². The summed E-state index contributed by atoms with van der Waals surface area (Å²) in [5.74, 6) is 0.756. The number of nitrogens with zero attached hydrogens (tertiary/aromatic N) is 2. The first-order chi connectivity index (χ1) is 8.24. The fourth-order valence-electron chi connectivity index (χ4n) is 1.15. The van der Waals surface area contributed by atoms with Gasteiger partial charge in [0.25, 0.3) is 0 Å². The summed E-state index contributed by atoms with van der Waals surface area (Å²) in [5, 5.41) is 21.1. The number of ether oxygens (including phenoxy) is 1. The van der Waals surface area contributed by atoms with Crippen LogP contribution in [0.5, 0.6) is 5.75 Å². The van der Waals surface area contributed by atoms with Crippen molar-refractivity contribution in [3.05, 3.63) is 34.9 Å². The van der Waals surface area contributed by atoms with E-state index in [-0.39, 0.29) is 5.57 Å². The summed E-state index contributed by atoms with van der Waals surface area (Å²) < 4.78 is 5.04. The summed E-state index contributed by atoms with van der Waals surface area (Å²) in [4.78, 5) is 0. The van der Waals surface area contributed by atoms with Gasteiger partial charge in [-0.1, -0.05) is 0 Å². The molecule has 17 heavy (non-hydrogen) atoms. The van der Waals surface area contributed by atoms with Crippen molar-refractivity contribution in [1.29, 1.82) is 10.5 Å². The third kappa shape index (κ3) is 3.44. The molecule has 0 spiro atoms. The van der Waals surface area contributed by atoms with E-state index in [1.54, 1.807) is 25.5 Å². The van der Waals surface area contributed by atoms with E-state index in [4.69, 9.17) is 15.3 Å². The van der Waals surface area contributed by atoms with Crippen LogP contribution in [0.2, 0.25) is 0 Å². The highest BCUT2D eigenvalue weighted by molar-refractivity contribution is 8.02. The molecule has 86 valence electrons. The molecule has 0 atom stereocenters. The summed E-state index contributed by atoms with van der Waals surface area (Å²) >= 11 is 1.32. The summed E-state index contributed by atoms with van der Waals surface area (Å²) in [7, 11) is 1.60. The molecule has 1 rings (SSSR count). The Morgan fingerprint density at radius 3 is 2.24 bits per heavy atom. The number of allylic oxidation sites excluding steroid dienone is 1. The third-order valence-corrected chi connectivity index (χ3v) is 2.72. The minimum Gasteiger partial charge on any atom is -0.497 e. The van der Waals surface area contributed by atoms with Crippen LogP contribution in [0.1, 0.15) is 0 Å². The predicted molar refractivity (Wildman–Crippen MR) is 68.4 cm³/mol. The number of hydrogen-bond acceptors (Lipinski definition) is 5. The molecule has 0 aliphatic heterocycles. The zero-order valence-corrected chi connectivity index (χ0v) is 10.3. The second-order valence-electron chi connectivity index (χ2n) is 2.99. The van der Waals surface area contributed by atoms with Gasteiger partial charge in [0, 0.05) is 5.69 Å². The molecule has 0 heterocycles. The lowest BCUT2D eigenvalue weighted by Crippen LogP contribution is -1.98. The molecule has 4 nitrogen and oxygen atoms in total. The van der Waals surface area contributed by atoms with Crippen molar-refractivity contribution in [1.82, 2.24) is 0 Å². The van der Waals surface area contributed by atoms with Crippen molar-refractivity contribution in [2.45, 2.75) is 0 Å². The van der Waals surface area contributed by atoms with Gasteiger partial charge in [0.05, 0.1) is 7.11 Å². The molecule has 0 amide bonds. The molecule has 1 aromatic carbocycles. The molecule has 0 saturated heterocycles. The largest absolute Gasteiger partial charge is 0.497 e. The normalized spacial score (nSPS) is 8.71. The predicted octanol–water partition coefficient (Wildman–Crippen LogP) is 2.73. The standard InChI is InChI=1S/C12H11N3OS/c1-16-11-5-3-10(4-6-11)15-12(17-2)9(7-13)8-14/h3-6,15H,1-2H3. The van der Waals surface area contributed by atoms with E-state index in [2.05, 4.69) is 5.32 Å². The Morgan fingerprint density at radius 2 is 1.82 bits per heavy atom. The Hall–Kier alpha value is -2.11. The maximum absolute atomic E-state index is 8.78. The lowest BCUT2D eigenvalue weighted by molar-refractivity contribution is 0.415. The van der Waals surface area contributed by atoms with Crippen molar-refractivity contribution >= 4 is 17.4 Å². The summed E-state index contributed by atoms with van der Waals surface area (Å²) in [6.45, 7) is 0. The van der Waals surface area contributed by atoms with Crippen LogP contribution in [0.15, 0.2) is 34.9 Å². The van der Waals surface area contributed by atoms with Gasteiger partial charge < -0.3 is 10.1 Å².